The maximum Gasteiger partial charge on any atom is 0.569 e. The monoisotopic (exact) mass is 1360 g/mol. The fraction of sp³-hybridized carbons (Fsp3) is 0.139. The van der Waals surface area contributed by atoms with E-state index in [4.69, 9.17) is 20.1 Å². The number of carbonyl (C=O) groups is 2. The Hall–Kier alpha value is -11.7. The van der Waals surface area contributed by atoms with Gasteiger partial charge in [0.15, 0.2) is 5.82 Å². The second kappa shape index (κ2) is 31.0. The van der Waals surface area contributed by atoms with Crippen LogP contribution in [0.1, 0.15) is 58.7 Å². The summed E-state index contributed by atoms with van der Waals surface area (Å²) >= 11 is 3.42. The van der Waals surface area contributed by atoms with Crippen LogP contribution in [0.15, 0.2) is 218 Å². The van der Waals surface area contributed by atoms with Crippen LogP contribution in [0.3, 0.4) is 0 Å². The zero-order chi connectivity index (χ0) is 68.6. The fourth-order valence-corrected chi connectivity index (χ4v) is 10.4. The number of fused-ring (bicyclic) bond motifs is 5. The van der Waals surface area contributed by atoms with E-state index < -0.39 is 10.8 Å². The topological polar surface area (TPSA) is 301 Å². The first-order chi connectivity index (χ1) is 46.8. The SMILES string of the molecule is Brc1ccnc2[nH]ccc12.CC(C)(C)C(=O)Nc1ncccc1-c1ccnc2[nH]ccc12.CC(C)(C)C(=O)Nc1ncccc1O[B]O.COc1cccc(F)c1.Fc1cccc(C2Nc3ncccc3-c3ccnc4[nH]cc2c34)c1.Nc1ncccc1-c1ccnc2[nH]ccc12. The highest BCUT2D eigenvalue weighted by Gasteiger charge is 2.28. The van der Waals surface area contributed by atoms with Crippen LogP contribution in [0.25, 0.3) is 77.5 Å². The van der Waals surface area contributed by atoms with Gasteiger partial charge in [-0.2, -0.15) is 0 Å². The first kappa shape index (κ1) is 68.2. The highest BCUT2D eigenvalue weighted by molar-refractivity contribution is 9.10. The van der Waals surface area contributed by atoms with Crippen LogP contribution in [-0.4, -0.2) is 91.4 Å². The molecule has 1 aliphatic heterocycles. The Labute approximate surface area is 565 Å². The van der Waals surface area contributed by atoms with E-state index >= 15 is 0 Å². The van der Waals surface area contributed by atoms with Gasteiger partial charge >= 0.3 is 7.69 Å². The standard InChI is InChI=1S/C19H13FN4.C17H18N4O.C12H10N4.C10H14BN2O3.C7H5BrN2.C7H7FO/c20-12-4-1-3-11(9-12)17-15-10-23-19-16(15)13(6-8-22-19)14-5-2-7-21-18(14)24-17;1-17(2,3)16(22)21-15-12(5-4-8-18-15)11-6-9-19-14-13(11)7-10-20-14;13-11-9(2-1-5-14-11)8-3-6-15-12-10(8)4-7-16-12;1-10(2,3)9(14)13-8-7(16-11-15)5-4-6-12-8;8-6-2-4-10-7-5(6)1-3-9-7;1-9-7-4-2-3-6(8)5-7/h1-10,17H,(H,21,24)(H,22,23);4-10H,1-3H3,(H,19,20)(H,18,21,22);1-7H,(H2,13,14)(H,15,16);4-6,15H,1-3H3,(H,12,13,14);1-4H,(H,9,10);2-5H,1H3. The number of rotatable bonds is 8. The second-order valence-corrected chi connectivity index (χ2v) is 24.4. The van der Waals surface area contributed by atoms with Gasteiger partial charge in [-0.05, 0) is 153 Å². The molecule has 2 aromatic carbocycles. The lowest BCUT2D eigenvalue weighted by Gasteiger charge is -2.18. The van der Waals surface area contributed by atoms with Gasteiger partial charge in [0.1, 0.15) is 63.2 Å². The number of ether oxygens (including phenoxy) is 1. The number of benzene rings is 2. The summed E-state index contributed by atoms with van der Waals surface area (Å²) in [5.74, 6) is 2.27. The van der Waals surface area contributed by atoms with E-state index in [0.717, 1.165) is 98.9 Å². The Bertz CT molecular complexity index is 5010. The maximum absolute atomic E-state index is 13.8. The van der Waals surface area contributed by atoms with E-state index in [0.29, 0.717) is 30.8 Å². The fourth-order valence-electron chi connectivity index (χ4n) is 9.94. The minimum atomic E-state index is -0.516. The number of aromatic nitrogens is 12. The summed E-state index contributed by atoms with van der Waals surface area (Å²) in [6.07, 6.45) is 21.3. The van der Waals surface area contributed by atoms with E-state index in [1.165, 1.54) is 31.5 Å². The number of anilines is 4. The molecule has 12 aromatic heterocycles. The van der Waals surface area contributed by atoms with Crippen molar-refractivity contribution in [3.8, 4) is 44.9 Å². The Morgan fingerprint density at radius 2 is 1.05 bits per heavy atom. The van der Waals surface area contributed by atoms with Crippen molar-refractivity contribution >= 4 is 103 Å². The Balaban J connectivity index is 0.000000130. The number of carbonyl (C=O) groups excluding carboxylic acids is 2. The summed E-state index contributed by atoms with van der Waals surface area (Å²) < 4.78 is 36.7. The van der Waals surface area contributed by atoms with Crippen molar-refractivity contribution in [2.45, 2.75) is 47.6 Å². The molecule has 489 valence electrons. The number of nitrogens with two attached hydrogens (primary N) is 1. The number of nitrogen functional groups attached to an aromatic ring is 1. The molecule has 0 spiro atoms. The molecule has 1 unspecified atom stereocenters. The van der Waals surface area contributed by atoms with Gasteiger partial charge in [0.05, 0.1) is 13.2 Å². The zero-order valence-electron chi connectivity index (χ0n) is 53.7. The first-order valence-corrected chi connectivity index (χ1v) is 31.1. The third kappa shape index (κ3) is 16.8. The van der Waals surface area contributed by atoms with E-state index in [1.807, 2.05) is 130 Å². The average molecular weight is 1370 g/mol. The molecule has 1 aliphatic rings. The molecule has 10 N–H and O–H groups in total. The zero-order valence-corrected chi connectivity index (χ0v) is 55.3. The van der Waals surface area contributed by atoms with Gasteiger partial charge in [0.2, 0.25) is 11.8 Å². The van der Waals surface area contributed by atoms with E-state index in [9.17, 15) is 18.4 Å². The number of halogens is 3. The second-order valence-electron chi connectivity index (χ2n) is 23.6. The molecule has 0 fully saturated rings. The van der Waals surface area contributed by atoms with Crippen molar-refractivity contribution in [2.24, 2.45) is 10.8 Å². The largest absolute Gasteiger partial charge is 0.569 e. The highest BCUT2D eigenvalue weighted by atomic mass is 79.9. The lowest BCUT2D eigenvalue weighted by Crippen LogP contribution is -2.28. The van der Waals surface area contributed by atoms with Crippen molar-refractivity contribution in [2.75, 3.05) is 28.8 Å². The first-order valence-electron chi connectivity index (χ1n) is 30.3. The number of hydrogen-bond donors (Lipinski definition) is 9. The van der Waals surface area contributed by atoms with Gasteiger partial charge < -0.3 is 56.0 Å². The van der Waals surface area contributed by atoms with Gasteiger partial charge in [-0.25, -0.2) is 48.7 Å². The third-order valence-electron chi connectivity index (χ3n) is 14.8. The van der Waals surface area contributed by atoms with Crippen LogP contribution in [0, 0.1) is 22.5 Å². The van der Waals surface area contributed by atoms with Gasteiger partial charge in [0.25, 0.3) is 0 Å². The molecule has 15 rings (SSSR count). The lowest BCUT2D eigenvalue weighted by molar-refractivity contribution is -0.123. The van der Waals surface area contributed by atoms with Crippen LogP contribution in [-0.2, 0) is 9.59 Å². The van der Waals surface area contributed by atoms with Crippen molar-refractivity contribution in [1.29, 1.82) is 0 Å². The molecule has 14 aromatic rings. The van der Waals surface area contributed by atoms with Crippen molar-refractivity contribution in [3.63, 3.8) is 0 Å². The molecule has 1 radical (unpaired) electrons. The smallest absolute Gasteiger partial charge is 0.535 e. The van der Waals surface area contributed by atoms with Crippen molar-refractivity contribution in [1.82, 2.24) is 59.8 Å². The van der Waals surface area contributed by atoms with Crippen LogP contribution < -0.4 is 31.1 Å². The molecular formula is C72H67BBrF2N16O5. The average Bonchev–Trinajstić information content (AvgIpc) is 1.60. The van der Waals surface area contributed by atoms with Gasteiger partial charge in [0, 0.05) is 140 Å². The molecule has 0 saturated heterocycles. The number of methoxy groups -OCH3 is 1. The third-order valence-corrected chi connectivity index (χ3v) is 15.5. The summed E-state index contributed by atoms with van der Waals surface area (Å²) in [4.78, 5) is 70.4. The number of nitrogens with zero attached hydrogens (tertiary/aromatic N) is 8. The van der Waals surface area contributed by atoms with Crippen LogP contribution in [0.4, 0.5) is 32.1 Å². The molecule has 0 bridgehead atoms. The summed E-state index contributed by atoms with van der Waals surface area (Å²) in [6.45, 7) is 11.0. The molecule has 0 aliphatic carbocycles. The quantitative estimate of drug-likeness (QED) is 0.0639. The van der Waals surface area contributed by atoms with Crippen LogP contribution >= 0.6 is 15.9 Å². The number of hydrogen-bond acceptors (Lipinski definition) is 15. The molecular weight excluding hydrogens is 1300 g/mol. The van der Waals surface area contributed by atoms with E-state index in [2.05, 4.69) is 91.7 Å². The minimum Gasteiger partial charge on any atom is -0.535 e. The molecule has 0 saturated carbocycles. The Morgan fingerprint density at radius 3 is 1.64 bits per heavy atom. The van der Waals surface area contributed by atoms with Crippen LogP contribution in [0.2, 0.25) is 0 Å². The molecule has 25 heteroatoms. The van der Waals surface area contributed by atoms with E-state index in [-0.39, 0.29) is 35.3 Å². The van der Waals surface area contributed by atoms with E-state index in [1.54, 1.807) is 101 Å². The summed E-state index contributed by atoms with van der Waals surface area (Å²) in [6, 6.07) is 41.1. The number of amides is 2. The molecule has 97 heavy (non-hydrogen) atoms. The number of H-pyrrole nitrogens is 4. The molecule has 1 atom stereocenters. The molecule has 2 amide bonds. The number of nitrogens with one attached hydrogen (secondary N) is 7. The van der Waals surface area contributed by atoms with Crippen molar-refractivity contribution < 1.29 is 32.8 Å². The highest BCUT2D eigenvalue weighted by Crippen LogP contribution is 2.43. The number of pyridine rings is 8. The van der Waals surface area contributed by atoms with Crippen molar-refractivity contribution in [3.05, 3.63) is 241 Å². The predicted octanol–water partition coefficient (Wildman–Crippen LogP) is 15.2. The van der Waals surface area contributed by atoms with Crippen LogP contribution in [0.5, 0.6) is 11.5 Å². The van der Waals surface area contributed by atoms with Gasteiger partial charge in [-0.15, -0.1) is 0 Å². The molecule has 13 heterocycles. The predicted molar refractivity (Wildman–Crippen MR) is 380 cm³/mol. The summed E-state index contributed by atoms with van der Waals surface area (Å²) in [7, 11) is 2.05. The van der Waals surface area contributed by atoms with Gasteiger partial charge in [-0.1, -0.05) is 59.7 Å². The summed E-state index contributed by atoms with van der Waals surface area (Å²) in [5, 5.41) is 21.8. The normalized spacial score (nSPS) is 12.0. The summed E-state index contributed by atoms with van der Waals surface area (Å²) in [5.41, 5.74) is 16.1. The Morgan fingerprint density at radius 1 is 0.536 bits per heavy atom. The minimum absolute atomic E-state index is 0.0631. The maximum atomic E-state index is 13.8. The Kier molecular flexibility index (Phi) is 21.8. The number of aromatic amines is 4. The lowest BCUT2D eigenvalue weighted by atomic mass is 9.95. The van der Waals surface area contributed by atoms with Gasteiger partial charge in [-0.3, -0.25) is 9.59 Å². The molecule has 21 nitrogen and oxygen atoms in total.